The normalized spacial score (nSPS) is 15.0. The Morgan fingerprint density at radius 1 is 0.944 bits per heavy atom. The van der Waals surface area contributed by atoms with Gasteiger partial charge in [-0.1, -0.05) is 32.4 Å². The Labute approximate surface area is 214 Å². The summed E-state index contributed by atoms with van der Waals surface area (Å²) in [5.41, 5.74) is 6.34. The molecular formula is C23H34N4O8S. The van der Waals surface area contributed by atoms with Gasteiger partial charge in [0.15, 0.2) is 0 Å². The Bertz CT molecular complexity index is 927. The first-order valence-electron chi connectivity index (χ1n) is 11.4. The van der Waals surface area contributed by atoms with Crippen molar-refractivity contribution in [3.05, 3.63) is 29.8 Å². The molecule has 0 saturated heterocycles. The number of amides is 3. The monoisotopic (exact) mass is 526 g/mol. The molecule has 3 amide bonds. The van der Waals surface area contributed by atoms with E-state index in [2.05, 4.69) is 28.6 Å². The van der Waals surface area contributed by atoms with Crippen molar-refractivity contribution in [2.24, 2.45) is 11.7 Å². The van der Waals surface area contributed by atoms with Crippen LogP contribution in [0.1, 0.15) is 38.7 Å². The minimum absolute atomic E-state index is 0.00332. The van der Waals surface area contributed by atoms with Gasteiger partial charge in [0.05, 0.1) is 6.04 Å². The molecule has 0 bridgehead atoms. The van der Waals surface area contributed by atoms with E-state index >= 15 is 0 Å². The van der Waals surface area contributed by atoms with E-state index in [4.69, 9.17) is 10.8 Å². The third-order valence-electron chi connectivity index (χ3n) is 5.61. The third-order valence-corrected chi connectivity index (χ3v) is 5.97. The van der Waals surface area contributed by atoms with Gasteiger partial charge in [0, 0.05) is 18.6 Å². The van der Waals surface area contributed by atoms with Crippen LogP contribution in [0.25, 0.3) is 0 Å². The molecule has 0 aliphatic carbocycles. The van der Waals surface area contributed by atoms with Gasteiger partial charge < -0.3 is 37.0 Å². The number of nitrogens with one attached hydrogen (secondary N) is 3. The number of aromatic hydroxyl groups is 1. The van der Waals surface area contributed by atoms with Gasteiger partial charge >= 0.3 is 11.9 Å². The molecule has 8 N–H and O–H groups in total. The molecule has 0 spiro atoms. The smallest absolute Gasteiger partial charge is 0.327 e. The summed E-state index contributed by atoms with van der Waals surface area (Å²) in [6.45, 7) is 3.51. The maximum Gasteiger partial charge on any atom is 0.327 e. The molecule has 5 unspecified atom stereocenters. The predicted molar refractivity (Wildman–Crippen MR) is 133 cm³/mol. The van der Waals surface area contributed by atoms with Crippen molar-refractivity contribution < 1.29 is 39.3 Å². The second kappa shape index (κ2) is 14.9. The minimum atomic E-state index is -1.30. The van der Waals surface area contributed by atoms with Crippen molar-refractivity contribution in [2.45, 2.75) is 63.7 Å². The molecule has 1 rings (SSSR count). The zero-order chi connectivity index (χ0) is 27.4. The zero-order valence-electron chi connectivity index (χ0n) is 20.1. The van der Waals surface area contributed by atoms with Gasteiger partial charge in [-0.15, -0.1) is 0 Å². The summed E-state index contributed by atoms with van der Waals surface area (Å²) in [5.74, 6) is -5.14. The number of aliphatic carboxylic acids is 2. The van der Waals surface area contributed by atoms with Crippen molar-refractivity contribution in [3.63, 3.8) is 0 Å². The number of phenolic OH excluding ortho intramolecular Hbond substituents is 1. The van der Waals surface area contributed by atoms with Crippen molar-refractivity contribution in [3.8, 4) is 5.75 Å². The Hall–Kier alpha value is -3.32. The Balaban J connectivity index is 3.11. The number of phenols is 1. The number of carbonyl (C=O) groups excluding carboxylic acids is 3. The van der Waals surface area contributed by atoms with E-state index in [1.807, 2.05) is 0 Å². The molecule has 0 heterocycles. The molecule has 0 saturated carbocycles. The summed E-state index contributed by atoms with van der Waals surface area (Å²) in [7, 11) is 0. The predicted octanol–water partition coefficient (Wildman–Crippen LogP) is -0.358. The van der Waals surface area contributed by atoms with Crippen LogP contribution in [-0.4, -0.2) is 74.9 Å². The first-order valence-corrected chi connectivity index (χ1v) is 12.0. The fourth-order valence-electron chi connectivity index (χ4n) is 3.17. The number of hydrogen-bond acceptors (Lipinski definition) is 8. The lowest BCUT2D eigenvalue weighted by Crippen LogP contribution is -2.59. The van der Waals surface area contributed by atoms with Crippen LogP contribution in [-0.2, 0) is 30.4 Å². The molecule has 0 aromatic heterocycles. The fourth-order valence-corrected chi connectivity index (χ4v) is 3.42. The second-order valence-electron chi connectivity index (χ2n) is 8.42. The molecule has 5 atom stereocenters. The maximum absolute atomic E-state index is 13.2. The summed E-state index contributed by atoms with van der Waals surface area (Å²) < 4.78 is 0. The Morgan fingerprint density at radius 3 is 2.03 bits per heavy atom. The van der Waals surface area contributed by atoms with Crippen LogP contribution in [0.4, 0.5) is 0 Å². The quantitative estimate of drug-likeness (QED) is 0.140. The summed E-state index contributed by atoms with van der Waals surface area (Å²) in [4.78, 5) is 60.8. The zero-order valence-corrected chi connectivity index (χ0v) is 21.0. The summed E-state index contributed by atoms with van der Waals surface area (Å²) in [6, 6.07) is 1.15. The number of hydrogen-bond donors (Lipinski definition) is 8. The number of carboxylic acids is 2. The highest BCUT2D eigenvalue weighted by atomic mass is 32.1. The van der Waals surface area contributed by atoms with Gasteiger partial charge in [-0.05, 0) is 30.0 Å². The van der Waals surface area contributed by atoms with E-state index in [-0.39, 0.29) is 36.7 Å². The fraction of sp³-hybridized carbons (Fsp3) is 0.522. The molecule has 200 valence electrons. The van der Waals surface area contributed by atoms with E-state index in [1.165, 1.54) is 12.1 Å². The molecule has 12 nitrogen and oxygen atoms in total. The first kappa shape index (κ1) is 30.7. The highest BCUT2D eigenvalue weighted by Crippen LogP contribution is 2.13. The standard InChI is InChI=1S/C23H34N4O8S/c1-3-12(2)19(27-20(31)15(24)8-9-18(29)30)22(33)25-16(10-13-4-6-14(28)7-5-13)21(32)26-17(11-36)23(34)35/h4-7,12,15-17,19,28,36H,3,8-11,24H2,1-2H3,(H,25,33)(H,26,32)(H,27,31)(H,29,30)(H,34,35). The second-order valence-corrected chi connectivity index (χ2v) is 8.79. The number of rotatable bonds is 15. The number of carboxylic acid groups (broad SMARTS) is 2. The van der Waals surface area contributed by atoms with Crippen LogP contribution in [0.15, 0.2) is 24.3 Å². The maximum atomic E-state index is 13.2. The van der Waals surface area contributed by atoms with Crippen LogP contribution >= 0.6 is 12.6 Å². The van der Waals surface area contributed by atoms with Crippen molar-refractivity contribution >= 4 is 42.3 Å². The van der Waals surface area contributed by atoms with E-state index in [9.17, 15) is 34.2 Å². The largest absolute Gasteiger partial charge is 0.508 e. The Kier molecular flexibility index (Phi) is 12.7. The minimum Gasteiger partial charge on any atom is -0.508 e. The van der Waals surface area contributed by atoms with E-state index < -0.39 is 53.8 Å². The summed E-state index contributed by atoms with van der Waals surface area (Å²) in [6.07, 6.45) is 0.0100. The molecule has 36 heavy (non-hydrogen) atoms. The van der Waals surface area contributed by atoms with Gasteiger partial charge in [0.25, 0.3) is 0 Å². The van der Waals surface area contributed by atoms with Crippen LogP contribution in [0, 0.1) is 5.92 Å². The van der Waals surface area contributed by atoms with Gasteiger partial charge in [0.1, 0.15) is 23.9 Å². The van der Waals surface area contributed by atoms with Crippen LogP contribution in [0.5, 0.6) is 5.75 Å². The topological polar surface area (TPSA) is 208 Å². The van der Waals surface area contributed by atoms with Gasteiger partial charge in [-0.2, -0.15) is 12.6 Å². The number of thiol groups is 1. The molecule has 0 fully saturated rings. The molecule has 0 radical (unpaired) electrons. The molecule has 0 aliphatic heterocycles. The molecular weight excluding hydrogens is 492 g/mol. The van der Waals surface area contributed by atoms with Gasteiger partial charge in [-0.3, -0.25) is 19.2 Å². The third kappa shape index (κ3) is 10.1. The van der Waals surface area contributed by atoms with E-state index in [0.717, 1.165) is 0 Å². The van der Waals surface area contributed by atoms with Crippen LogP contribution in [0.2, 0.25) is 0 Å². The molecule has 1 aromatic rings. The van der Waals surface area contributed by atoms with Crippen LogP contribution in [0.3, 0.4) is 0 Å². The summed E-state index contributed by atoms with van der Waals surface area (Å²) in [5, 5.41) is 35.0. The highest BCUT2D eigenvalue weighted by molar-refractivity contribution is 7.80. The van der Waals surface area contributed by atoms with E-state index in [1.54, 1.807) is 26.0 Å². The average Bonchev–Trinajstić information content (AvgIpc) is 2.83. The molecule has 13 heteroatoms. The lowest BCUT2D eigenvalue weighted by atomic mass is 9.96. The van der Waals surface area contributed by atoms with Crippen molar-refractivity contribution in [1.82, 2.24) is 16.0 Å². The molecule has 1 aromatic carbocycles. The van der Waals surface area contributed by atoms with Crippen molar-refractivity contribution in [2.75, 3.05) is 5.75 Å². The highest BCUT2D eigenvalue weighted by Gasteiger charge is 2.32. The number of nitrogens with two attached hydrogens (primary N) is 1. The average molecular weight is 527 g/mol. The number of benzene rings is 1. The first-order chi connectivity index (χ1) is 16.9. The lowest BCUT2D eigenvalue weighted by Gasteiger charge is -2.28. The van der Waals surface area contributed by atoms with Gasteiger partial charge in [-0.25, -0.2) is 4.79 Å². The molecule has 0 aliphatic rings. The van der Waals surface area contributed by atoms with Crippen LogP contribution < -0.4 is 21.7 Å². The number of carbonyl (C=O) groups is 5. The van der Waals surface area contributed by atoms with E-state index in [0.29, 0.717) is 12.0 Å². The van der Waals surface area contributed by atoms with Crippen molar-refractivity contribution in [1.29, 1.82) is 0 Å². The lowest BCUT2D eigenvalue weighted by molar-refractivity contribution is -0.141. The SMILES string of the molecule is CCC(C)C(NC(=O)C(N)CCC(=O)O)C(=O)NC(Cc1ccc(O)cc1)C(=O)NC(CS)C(=O)O. The Morgan fingerprint density at radius 2 is 1.53 bits per heavy atom. The van der Waals surface area contributed by atoms with Gasteiger partial charge in [0.2, 0.25) is 17.7 Å². The summed E-state index contributed by atoms with van der Waals surface area (Å²) >= 11 is 3.93.